The lowest BCUT2D eigenvalue weighted by molar-refractivity contribution is 0.262. The number of urea groups is 1. The zero-order valence-electron chi connectivity index (χ0n) is 17.2. The average Bonchev–Trinajstić information content (AvgIpc) is 2.74. The molecule has 156 valence electrons. The molecule has 0 saturated heterocycles. The number of nitrogens with one attached hydrogen (secondary N) is 2. The summed E-state index contributed by atoms with van der Waals surface area (Å²) in [6, 6.07) is 20.6. The van der Waals surface area contributed by atoms with Crippen LogP contribution in [0.15, 0.2) is 103 Å². The number of rotatable bonds is 6. The monoisotopic (exact) mass is 413 g/mol. The van der Waals surface area contributed by atoms with E-state index in [-0.39, 0.29) is 11.8 Å². The van der Waals surface area contributed by atoms with Gasteiger partial charge in [0.05, 0.1) is 0 Å². The number of anilines is 2. The van der Waals surface area contributed by atoms with Crippen LogP contribution in [0, 0.1) is 5.82 Å². The summed E-state index contributed by atoms with van der Waals surface area (Å²) >= 11 is 0. The van der Waals surface area contributed by atoms with Crippen LogP contribution in [0.4, 0.5) is 20.6 Å². The van der Waals surface area contributed by atoms with Crippen LogP contribution >= 0.6 is 0 Å². The molecule has 0 aromatic heterocycles. The molecule has 3 aromatic rings. The Morgan fingerprint density at radius 3 is 2.23 bits per heavy atom. The molecule has 5 heteroatoms. The van der Waals surface area contributed by atoms with Gasteiger partial charge in [-0.3, -0.25) is 0 Å². The number of hydrogen-bond donors (Lipinski definition) is 3. The van der Waals surface area contributed by atoms with E-state index in [1.54, 1.807) is 24.3 Å². The fourth-order valence-corrected chi connectivity index (χ4v) is 3.08. The lowest BCUT2D eigenvalue weighted by Crippen LogP contribution is -2.19. The summed E-state index contributed by atoms with van der Waals surface area (Å²) in [6.45, 7) is 5.55. The number of carbonyl (C=O) groups excluding carboxylic acids is 1. The highest BCUT2D eigenvalue weighted by atomic mass is 19.1. The van der Waals surface area contributed by atoms with Gasteiger partial charge in [-0.2, -0.15) is 0 Å². The van der Waals surface area contributed by atoms with Crippen molar-refractivity contribution in [3.05, 3.63) is 115 Å². The van der Waals surface area contributed by atoms with Crippen molar-refractivity contribution in [2.45, 2.75) is 6.92 Å². The Balaban J connectivity index is 1.69. The molecular formula is C26H24FN3O. The molecule has 0 fully saturated rings. The van der Waals surface area contributed by atoms with Crippen LogP contribution in [0.25, 0.3) is 16.7 Å². The van der Waals surface area contributed by atoms with E-state index in [0.717, 1.165) is 22.3 Å². The molecule has 0 aliphatic heterocycles. The number of halogens is 1. The van der Waals surface area contributed by atoms with Crippen LogP contribution in [0.3, 0.4) is 0 Å². The number of hydrogen-bond acceptors (Lipinski definition) is 2. The Labute approximate surface area is 181 Å². The van der Waals surface area contributed by atoms with Crippen LogP contribution in [0.1, 0.15) is 12.5 Å². The van der Waals surface area contributed by atoms with Crippen molar-refractivity contribution in [1.29, 1.82) is 0 Å². The number of amides is 2. The second-order valence-electron chi connectivity index (χ2n) is 6.99. The molecule has 0 bridgehead atoms. The van der Waals surface area contributed by atoms with Crippen molar-refractivity contribution in [2.24, 2.45) is 5.73 Å². The third-order valence-corrected chi connectivity index (χ3v) is 4.44. The van der Waals surface area contributed by atoms with Gasteiger partial charge in [-0.1, -0.05) is 55.1 Å². The molecule has 3 aromatic carbocycles. The summed E-state index contributed by atoms with van der Waals surface area (Å²) in [5.74, 6) is -0.305. The zero-order valence-corrected chi connectivity index (χ0v) is 17.2. The van der Waals surface area contributed by atoms with Crippen molar-refractivity contribution >= 4 is 23.0 Å². The first-order valence-corrected chi connectivity index (χ1v) is 9.75. The standard InChI is InChI=1S/C26H24FN3O/c1-3-6-20(15-18(2)28)19-11-13-24(14-12-19)29-26(31)30-25-10-5-8-22(17-25)21-7-4-9-23(27)16-21/h3-17H,1,28H2,2H3,(H2,29,30,31)/b18-15-,20-6+. The van der Waals surface area contributed by atoms with Gasteiger partial charge >= 0.3 is 6.03 Å². The largest absolute Gasteiger partial charge is 0.402 e. The highest BCUT2D eigenvalue weighted by Gasteiger charge is 2.06. The summed E-state index contributed by atoms with van der Waals surface area (Å²) in [5, 5.41) is 5.61. The van der Waals surface area contributed by atoms with Gasteiger partial charge in [0, 0.05) is 17.1 Å². The van der Waals surface area contributed by atoms with Gasteiger partial charge in [-0.05, 0) is 71.7 Å². The Morgan fingerprint density at radius 2 is 1.58 bits per heavy atom. The van der Waals surface area contributed by atoms with E-state index in [1.165, 1.54) is 12.1 Å². The van der Waals surface area contributed by atoms with E-state index in [0.29, 0.717) is 17.1 Å². The van der Waals surface area contributed by atoms with E-state index < -0.39 is 0 Å². The highest BCUT2D eigenvalue weighted by molar-refractivity contribution is 6.00. The van der Waals surface area contributed by atoms with E-state index in [4.69, 9.17) is 5.73 Å². The van der Waals surface area contributed by atoms with E-state index >= 15 is 0 Å². The minimum atomic E-state index is -0.372. The second kappa shape index (κ2) is 10.1. The van der Waals surface area contributed by atoms with Crippen LogP contribution < -0.4 is 16.4 Å². The number of nitrogens with two attached hydrogens (primary N) is 1. The van der Waals surface area contributed by atoms with E-state index in [9.17, 15) is 9.18 Å². The fraction of sp³-hybridized carbons (Fsp3) is 0.0385. The molecule has 0 aliphatic rings. The maximum atomic E-state index is 13.5. The Hall–Kier alpha value is -4.12. The first-order valence-electron chi connectivity index (χ1n) is 9.75. The smallest absolute Gasteiger partial charge is 0.323 e. The molecule has 0 unspecified atom stereocenters. The quantitative estimate of drug-likeness (QED) is 0.400. The predicted octanol–water partition coefficient (Wildman–Crippen LogP) is 6.57. The zero-order chi connectivity index (χ0) is 22.2. The Kier molecular flexibility index (Phi) is 7.01. The van der Waals surface area contributed by atoms with Gasteiger partial charge in [0.25, 0.3) is 0 Å². The van der Waals surface area contributed by atoms with Crippen molar-refractivity contribution in [2.75, 3.05) is 10.6 Å². The van der Waals surface area contributed by atoms with E-state index in [1.807, 2.05) is 61.5 Å². The molecule has 0 saturated carbocycles. The average molecular weight is 413 g/mol. The molecule has 0 spiro atoms. The summed E-state index contributed by atoms with van der Waals surface area (Å²) in [7, 11) is 0. The Morgan fingerprint density at radius 1 is 0.935 bits per heavy atom. The molecule has 0 radical (unpaired) electrons. The van der Waals surface area contributed by atoms with E-state index in [2.05, 4.69) is 17.2 Å². The molecule has 2 amide bonds. The molecule has 0 heterocycles. The summed E-state index contributed by atoms with van der Waals surface area (Å²) in [4.78, 5) is 12.4. The van der Waals surface area contributed by atoms with Crippen LogP contribution in [-0.2, 0) is 0 Å². The van der Waals surface area contributed by atoms with Crippen molar-refractivity contribution in [3.8, 4) is 11.1 Å². The molecular weight excluding hydrogens is 389 g/mol. The third-order valence-electron chi connectivity index (χ3n) is 4.44. The van der Waals surface area contributed by atoms with Gasteiger partial charge in [-0.25, -0.2) is 9.18 Å². The number of allylic oxidation sites excluding steroid dienone is 5. The van der Waals surface area contributed by atoms with Crippen molar-refractivity contribution in [1.82, 2.24) is 0 Å². The van der Waals surface area contributed by atoms with Crippen molar-refractivity contribution < 1.29 is 9.18 Å². The predicted molar refractivity (Wildman–Crippen MR) is 127 cm³/mol. The van der Waals surface area contributed by atoms with Gasteiger partial charge in [0.1, 0.15) is 5.82 Å². The van der Waals surface area contributed by atoms with Gasteiger partial charge in [-0.15, -0.1) is 0 Å². The van der Waals surface area contributed by atoms with Crippen molar-refractivity contribution in [3.63, 3.8) is 0 Å². The SMILES string of the molecule is C=C/C=C(\C=C(\C)N)c1ccc(NC(=O)Nc2cccc(-c3cccc(F)c3)c2)cc1. The van der Waals surface area contributed by atoms with Crippen LogP contribution in [0.5, 0.6) is 0 Å². The van der Waals surface area contributed by atoms with Crippen LogP contribution in [-0.4, -0.2) is 6.03 Å². The van der Waals surface area contributed by atoms with Gasteiger partial charge < -0.3 is 16.4 Å². The Bertz CT molecular complexity index is 1140. The maximum Gasteiger partial charge on any atom is 0.323 e. The highest BCUT2D eigenvalue weighted by Crippen LogP contribution is 2.24. The first kappa shape index (κ1) is 21.6. The molecule has 4 nitrogen and oxygen atoms in total. The summed E-state index contributed by atoms with van der Waals surface area (Å²) < 4.78 is 13.5. The van der Waals surface area contributed by atoms with Gasteiger partial charge in [0.15, 0.2) is 0 Å². The summed E-state index contributed by atoms with van der Waals surface area (Å²) in [6.07, 6.45) is 5.44. The minimum Gasteiger partial charge on any atom is -0.402 e. The minimum absolute atomic E-state index is 0.305. The third kappa shape index (κ3) is 6.18. The number of carbonyl (C=O) groups is 1. The normalized spacial score (nSPS) is 11.7. The van der Waals surface area contributed by atoms with Crippen LogP contribution in [0.2, 0.25) is 0 Å². The lowest BCUT2D eigenvalue weighted by atomic mass is 10.0. The van der Waals surface area contributed by atoms with Gasteiger partial charge in [0.2, 0.25) is 0 Å². The molecule has 3 rings (SSSR count). The molecule has 0 atom stereocenters. The topological polar surface area (TPSA) is 67.1 Å². The maximum absolute atomic E-state index is 13.5. The summed E-state index contributed by atoms with van der Waals surface area (Å²) in [5.41, 5.74) is 11.2. The first-order chi connectivity index (χ1) is 14.9. The molecule has 4 N–H and O–H groups in total. The second-order valence-corrected chi connectivity index (χ2v) is 6.99. The number of benzene rings is 3. The lowest BCUT2D eigenvalue weighted by Gasteiger charge is -2.10. The molecule has 0 aliphatic carbocycles. The molecule has 31 heavy (non-hydrogen) atoms. The fourth-order valence-electron chi connectivity index (χ4n) is 3.08.